The number of carbonyl (C=O) groups excluding carboxylic acids is 1. The highest BCUT2D eigenvalue weighted by Crippen LogP contribution is 2.44. The van der Waals surface area contributed by atoms with Crippen molar-refractivity contribution in [3.63, 3.8) is 0 Å². The third-order valence-electron chi connectivity index (χ3n) is 5.09. The van der Waals surface area contributed by atoms with Crippen LogP contribution in [-0.4, -0.2) is 40.0 Å². The number of nitrogens with one attached hydrogen (secondary N) is 2. The van der Waals surface area contributed by atoms with E-state index >= 15 is 0 Å². The SMILES string of the molecule is O=C(N[C@@H](CCc1noc(=O)[nH]1)C(=O)O)OCC1c2ccccc2-c2ccccc21. The van der Waals surface area contributed by atoms with Gasteiger partial charge in [-0.3, -0.25) is 9.51 Å². The number of hydrogen-bond donors (Lipinski definition) is 3. The van der Waals surface area contributed by atoms with Gasteiger partial charge in [-0.2, -0.15) is 0 Å². The van der Waals surface area contributed by atoms with Crippen molar-refractivity contribution in [2.75, 3.05) is 6.61 Å². The number of carbonyl (C=O) groups is 2. The number of H-pyrrole nitrogens is 1. The van der Waals surface area contributed by atoms with Crippen LogP contribution >= 0.6 is 0 Å². The first-order chi connectivity index (χ1) is 14.5. The molecule has 0 bridgehead atoms. The minimum atomic E-state index is -1.21. The number of carboxylic acids is 1. The molecule has 1 aliphatic rings. The second-order valence-corrected chi connectivity index (χ2v) is 6.94. The molecule has 2 aromatic carbocycles. The fourth-order valence-electron chi connectivity index (χ4n) is 3.69. The van der Waals surface area contributed by atoms with Crippen LogP contribution in [0.3, 0.4) is 0 Å². The van der Waals surface area contributed by atoms with Crippen molar-refractivity contribution in [1.29, 1.82) is 0 Å². The van der Waals surface area contributed by atoms with Crippen molar-refractivity contribution in [3.8, 4) is 11.1 Å². The van der Waals surface area contributed by atoms with Crippen LogP contribution in [0.25, 0.3) is 11.1 Å². The predicted molar refractivity (Wildman–Crippen MR) is 105 cm³/mol. The van der Waals surface area contributed by atoms with Gasteiger partial charge in [0.15, 0.2) is 5.82 Å². The molecule has 3 aromatic rings. The Hall–Kier alpha value is -3.88. The number of ether oxygens (including phenoxy) is 1. The van der Waals surface area contributed by atoms with Crippen molar-refractivity contribution in [2.24, 2.45) is 0 Å². The van der Waals surface area contributed by atoms with E-state index in [-0.39, 0.29) is 31.2 Å². The molecule has 0 saturated heterocycles. The summed E-state index contributed by atoms with van der Waals surface area (Å²) in [6, 6.07) is 14.7. The fourth-order valence-corrected chi connectivity index (χ4v) is 3.69. The molecule has 0 saturated carbocycles. The van der Waals surface area contributed by atoms with E-state index in [1.165, 1.54) is 0 Å². The molecular weight excluding hydrogens is 390 g/mol. The first-order valence-corrected chi connectivity index (χ1v) is 9.42. The number of alkyl carbamates (subject to hydrolysis) is 1. The summed E-state index contributed by atoms with van der Waals surface area (Å²) in [6.07, 6.45) is -0.688. The number of fused-ring (bicyclic) bond motifs is 3. The zero-order valence-corrected chi connectivity index (χ0v) is 15.8. The van der Waals surface area contributed by atoms with E-state index in [2.05, 4.69) is 20.0 Å². The Morgan fingerprint density at radius 2 is 1.77 bits per heavy atom. The van der Waals surface area contributed by atoms with Crippen LogP contribution in [0.15, 0.2) is 57.8 Å². The molecule has 1 aromatic heterocycles. The van der Waals surface area contributed by atoms with E-state index in [9.17, 15) is 19.5 Å². The van der Waals surface area contributed by atoms with E-state index in [4.69, 9.17) is 4.74 Å². The summed E-state index contributed by atoms with van der Waals surface area (Å²) in [4.78, 5) is 37.0. The largest absolute Gasteiger partial charge is 0.480 e. The third-order valence-corrected chi connectivity index (χ3v) is 5.09. The normalized spacial score (nSPS) is 13.3. The lowest BCUT2D eigenvalue weighted by molar-refractivity contribution is -0.139. The summed E-state index contributed by atoms with van der Waals surface area (Å²) in [5, 5.41) is 15.2. The van der Waals surface area contributed by atoms with Crippen LogP contribution in [0.5, 0.6) is 0 Å². The molecule has 0 fully saturated rings. The molecule has 1 atom stereocenters. The molecule has 1 heterocycles. The highest BCUT2D eigenvalue weighted by atomic mass is 16.5. The Kier molecular flexibility index (Phi) is 5.34. The maximum atomic E-state index is 12.3. The molecular formula is C21H19N3O6. The first kappa shape index (κ1) is 19.4. The van der Waals surface area contributed by atoms with Gasteiger partial charge in [-0.25, -0.2) is 14.4 Å². The second kappa shape index (κ2) is 8.24. The van der Waals surface area contributed by atoms with Crippen LogP contribution in [0.1, 0.15) is 29.3 Å². The summed E-state index contributed by atoms with van der Waals surface area (Å²) in [7, 11) is 0. The van der Waals surface area contributed by atoms with Gasteiger partial charge in [0.25, 0.3) is 0 Å². The van der Waals surface area contributed by atoms with Gasteiger partial charge in [0.2, 0.25) is 0 Å². The average Bonchev–Trinajstić information content (AvgIpc) is 3.30. The van der Waals surface area contributed by atoms with Crippen molar-refractivity contribution < 1.29 is 24.0 Å². The number of amides is 1. The third kappa shape index (κ3) is 3.95. The Labute approximate surface area is 170 Å². The standard InChI is InChI=1S/C21H19N3O6/c25-19(26)17(9-10-18-23-21(28)30-24-18)22-20(27)29-11-16-14-7-3-1-5-12(14)13-6-2-4-8-15(13)16/h1-8,16-17H,9-11H2,(H,22,27)(H,25,26)(H,23,24,28)/t17-/m0/s1. The van der Waals surface area contributed by atoms with Crippen LogP contribution in [-0.2, 0) is 16.0 Å². The van der Waals surface area contributed by atoms with Crippen LogP contribution in [0.2, 0.25) is 0 Å². The van der Waals surface area contributed by atoms with Gasteiger partial charge < -0.3 is 15.2 Å². The molecule has 4 rings (SSSR count). The average molecular weight is 409 g/mol. The van der Waals surface area contributed by atoms with Gasteiger partial charge in [0, 0.05) is 12.3 Å². The Balaban J connectivity index is 1.39. The zero-order chi connectivity index (χ0) is 21.1. The van der Waals surface area contributed by atoms with Crippen molar-refractivity contribution in [1.82, 2.24) is 15.5 Å². The Morgan fingerprint density at radius 3 is 2.33 bits per heavy atom. The van der Waals surface area contributed by atoms with Gasteiger partial charge in [0.1, 0.15) is 12.6 Å². The Morgan fingerprint density at radius 1 is 1.13 bits per heavy atom. The van der Waals surface area contributed by atoms with Crippen LogP contribution < -0.4 is 11.1 Å². The number of aryl methyl sites for hydroxylation is 1. The minimum Gasteiger partial charge on any atom is -0.480 e. The van der Waals surface area contributed by atoms with Gasteiger partial charge in [-0.1, -0.05) is 53.7 Å². The second-order valence-electron chi connectivity index (χ2n) is 6.94. The molecule has 1 amide bonds. The number of nitrogens with zero attached hydrogens (tertiary/aromatic N) is 1. The monoisotopic (exact) mass is 409 g/mol. The van der Waals surface area contributed by atoms with Gasteiger partial charge in [-0.15, -0.1) is 0 Å². The molecule has 0 spiro atoms. The maximum Gasteiger partial charge on any atom is 0.438 e. The van der Waals surface area contributed by atoms with E-state index < -0.39 is 23.9 Å². The van der Waals surface area contributed by atoms with E-state index in [0.717, 1.165) is 22.3 Å². The summed E-state index contributed by atoms with van der Waals surface area (Å²) in [5.41, 5.74) is 4.34. The highest BCUT2D eigenvalue weighted by Gasteiger charge is 2.29. The Bertz CT molecular complexity index is 1090. The topological polar surface area (TPSA) is 135 Å². The van der Waals surface area contributed by atoms with Crippen LogP contribution in [0, 0.1) is 0 Å². The van der Waals surface area contributed by atoms with Gasteiger partial charge in [-0.05, 0) is 28.7 Å². The fraction of sp³-hybridized carbons (Fsp3) is 0.238. The highest BCUT2D eigenvalue weighted by molar-refractivity contribution is 5.81. The van der Waals surface area contributed by atoms with Gasteiger partial charge in [0.05, 0.1) is 0 Å². The smallest absolute Gasteiger partial charge is 0.438 e. The molecule has 1 aliphatic carbocycles. The van der Waals surface area contributed by atoms with E-state index in [0.29, 0.717) is 0 Å². The molecule has 9 heteroatoms. The van der Waals surface area contributed by atoms with Crippen molar-refractivity contribution in [2.45, 2.75) is 24.8 Å². The quantitative estimate of drug-likeness (QED) is 0.545. The lowest BCUT2D eigenvalue weighted by Gasteiger charge is -2.17. The summed E-state index contributed by atoms with van der Waals surface area (Å²) < 4.78 is 9.74. The molecule has 0 unspecified atom stereocenters. The molecule has 9 nitrogen and oxygen atoms in total. The number of aliphatic carboxylic acids is 1. The number of benzene rings is 2. The van der Waals surface area contributed by atoms with E-state index in [1.54, 1.807) is 0 Å². The summed E-state index contributed by atoms with van der Waals surface area (Å²) >= 11 is 0. The summed E-state index contributed by atoms with van der Waals surface area (Å²) in [6.45, 7) is 0.0861. The van der Waals surface area contributed by atoms with Crippen molar-refractivity contribution >= 4 is 12.1 Å². The summed E-state index contributed by atoms with van der Waals surface area (Å²) in [5.74, 6) is -1.84. The van der Waals surface area contributed by atoms with Crippen molar-refractivity contribution in [3.05, 3.63) is 76.0 Å². The number of aromatic amines is 1. The van der Waals surface area contributed by atoms with Crippen LogP contribution in [0.4, 0.5) is 4.79 Å². The molecule has 154 valence electrons. The predicted octanol–water partition coefficient (Wildman–Crippen LogP) is 2.29. The first-order valence-electron chi connectivity index (χ1n) is 9.42. The number of carboxylic acid groups (broad SMARTS) is 1. The number of rotatable bonds is 7. The lowest BCUT2D eigenvalue weighted by Crippen LogP contribution is -2.41. The van der Waals surface area contributed by atoms with E-state index in [1.807, 2.05) is 48.5 Å². The molecule has 30 heavy (non-hydrogen) atoms. The molecule has 0 radical (unpaired) electrons. The number of aromatic nitrogens is 2. The van der Waals surface area contributed by atoms with Gasteiger partial charge >= 0.3 is 17.8 Å². The zero-order valence-electron chi connectivity index (χ0n) is 15.8. The minimum absolute atomic E-state index is 0.0159. The molecule has 0 aliphatic heterocycles. The lowest BCUT2D eigenvalue weighted by atomic mass is 9.98. The molecule has 3 N–H and O–H groups in total. The number of hydrogen-bond acceptors (Lipinski definition) is 6. The maximum absolute atomic E-state index is 12.3.